The Balaban J connectivity index is 0.00000676. The highest BCUT2D eigenvalue weighted by Crippen LogP contribution is 2.15. The van der Waals surface area contributed by atoms with E-state index >= 15 is 0 Å². The van der Waals surface area contributed by atoms with Gasteiger partial charge in [-0.15, -0.1) is 24.0 Å². The fraction of sp³-hybridized carbons (Fsp3) is 0.941. The zero-order chi connectivity index (χ0) is 19.3. The molecule has 1 rings (SSSR count). The first-order valence-electron chi connectivity index (χ1n) is 9.33. The molecule has 1 fully saturated rings. The molecule has 0 aromatic heterocycles. The molecule has 0 amide bonds. The summed E-state index contributed by atoms with van der Waals surface area (Å²) in [7, 11) is 1.48. The van der Waals surface area contributed by atoms with E-state index in [1.165, 1.54) is 11.9 Å². The highest BCUT2D eigenvalue weighted by Gasteiger charge is 2.28. The molecule has 10 heteroatoms. The van der Waals surface area contributed by atoms with Crippen LogP contribution in [-0.2, 0) is 9.47 Å². The summed E-state index contributed by atoms with van der Waals surface area (Å²) in [6.45, 7) is 6.47. The Morgan fingerprint density at radius 1 is 1.30 bits per heavy atom. The summed E-state index contributed by atoms with van der Waals surface area (Å²) >= 11 is 0. The van der Waals surface area contributed by atoms with Gasteiger partial charge >= 0.3 is 6.18 Å². The fourth-order valence-electron chi connectivity index (χ4n) is 2.60. The maximum Gasteiger partial charge on any atom is 0.401 e. The number of halogens is 4. The SMILES string of the molecule is CCNC(=NCCCOCC1CCOC1)NCCCN(C)CC(F)(F)F.I. The maximum atomic E-state index is 12.3. The molecular weight excluding hydrogens is 476 g/mol. The van der Waals surface area contributed by atoms with E-state index in [0.717, 1.165) is 39.2 Å². The number of aliphatic imine (C=N–C) groups is 1. The molecule has 162 valence electrons. The van der Waals surface area contributed by atoms with Crippen LogP contribution in [0, 0.1) is 5.92 Å². The second-order valence-corrected chi connectivity index (χ2v) is 6.55. The molecule has 0 saturated carbocycles. The van der Waals surface area contributed by atoms with Crippen molar-refractivity contribution in [2.75, 3.05) is 66.2 Å². The second-order valence-electron chi connectivity index (χ2n) is 6.55. The molecule has 1 unspecified atom stereocenters. The van der Waals surface area contributed by atoms with Crippen molar-refractivity contribution in [2.45, 2.75) is 32.4 Å². The topological polar surface area (TPSA) is 58.1 Å². The van der Waals surface area contributed by atoms with Gasteiger partial charge in [0, 0.05) is 38.8 Å². The van der Waals surface area contributed by atoms with Crippen LogP contribution in [0.1, 0.15) is 26.2 Å². The number of hydrogen-bond acceptors (Lipinski definition) is 4. The zero-order valence-electron chi connectivity index (χ0n) is 16.3. The van der Waals surface area contributed by atoms with Gasteiger partial charge in [-0.25, -0.2) is 0 Å². The lowest BCUT2D eigenvalue weighted by atomic mass is 10.1. The normalized spacial score (nSPS) is 17.9. The number of ether oxygens (including phenoxy) is 2. The molecule has 0 aromatic rings. The number of guanidine groups is 1. The third-order valence-electron chi connectivity index (χ3n) is 3.90. The Morgan fingerprint density at radius 2 is 2.07 bits per heavy atom. The summed E-state index contributed by atoms with van der Waals surface area (Å²) in [5.41, 5.74) is 0. The molecule has 0 spiro atoms. The van der Waals surface area contributed by atoms with Gasteiger partial charge in [-0.3, -0.25) is 9.89 Å². The van der Waals surface area contributed by atoms with Crippen LogP contribution in [-0.4, -0.2) is 83.2 Å². The van der Waals surface area contributed by atoms with Gasteiger partial charge in [0.1, 0.15) is 0 Å². The van der Waals surface area contributed by atoms with Crippen molar-refractivity contribution >= 4 is 29.9 Å². The first-order valence-corrected chi connectivity index (χ1v) is 9.33. The number of hydrogen-bond donors (Lipinski definition) is 2. The van der Waals surface area contributed by atoms with Crippen LogP contribution in [0.25, 0.3) is 0 Å². The van der Waals surface area contributed by atoms with E-state index in [1.807, 2.05) is 6.92 Å². The maximum absolute atomic E-state index is 12.3. The second kappa shape index (κ2) is 15.6. The van der Waals surface area contributed by atoms with E-state index in [9.17, 15) is 13.2 Å². The lowest BCUT2D eigenvalue weighted by molar-refractivity contribution is -0.143. The summed E-state index contributed by atoms with van der Waals surface area (Å²) in [6, 6.07) is 0. The van der Waals surface area contributed by atoms with Crippen molar-refractivity contribution in [3.63, 3.8) is 0 Å². The Labute approximate surface area is 177 Å². The molecule has 0 aliphatic carbocycles. The summed E-state index contributed by atoms with van der Waals surface area (Å²) in [6.07, 6.45) is -1.63. The van der Waals surface area contributed by atoms with Crippen molar-refractivity contribution in [2.24, 2.45) is 10.9 Å². The van der Waals surface area contributed by atoms with Crippen LogP contribution >= 0.6 is 24.0 Å². The van der Waals surface area contributed by atoms with Crippen molar-refractivity contribution in [1.29, 1.82) is 0 Å². The van der Waals surface area contributed by atoms with E-state index in [0.29, 0.717) is 44.5 Å². The van der Waals surface area contributed by atoms with Gasteiger partial charge in [0.2, 0.25) is 0 Å². The molecule has 2 N–H and O–H groups in total. The molecule has 1 aliphatic heterocycles. The standard InChI is InChI=1S/C17H33F3N4O2.HI/c1-3-21-16(22-7-4-9-24(2)14-17(18,19)20)23-8-5-10-25-12-15-6-11-26-13-15;/h15H,3-14H2,1-2H3,(H2,21,22,23);1H. The van der Waals surface area contributed by atoms with Gasteiger partial charge in [0.15, 0.2) is 5.96 Å². The van der Waals surface area contributed by atoms with Crippen LogP contribution in [0.5, 0.6) is 0 Å². The largest absolute Gasteiger partial charge is 0.401 e. The molecular formula is C17H34F3IN4O2. The smallest absolute Gasteiger partial charge is 0.381 e. The molecule has 1 saturated heterocycles. The molecule has 0 radical (unpaired) electrons. The minimum Gasteiger partial charge on any atom is -0.381 e. The fourth-order valence-corrected chi connectivity index (χ4v) is 2.60. The molecule has 27 heavy (non-hydrogen) atoms. The summed E-state index contributed by atoms with van der Waals surface area (Å²) in [5.74, 6) is 1.21. The molecule has 1 atom stereocenters. The minimum atomic E-state index is -4.15. The van der Waals surface area contributed by atoms with Crippen LogP contribution in [0.2, 0.25) is 0 Å². The van der Waals surface area contributed by atoms with Gasteiger partial charge in [-0.1, -0.05) is 0 Å². The van der Waals surface area contributed by atoms with Gasteiger partial charge in [-0.05, 0) is 39.8 Å². The van der Waals surface area contributed by atoms with Crippen LogP contribution in [0.15, 0.2) is 4.99 Å². The summed E-state index contributed by atoms with van der Waals surface area (Å²) in [5, 5.41) is 6.28. The van der Waals surface area contributed by atoms with Gasteiger partial charge in [0.25, 0.3) is 0 Å². The number of nitrogens with one attached hydrogen (secondary N) is 2. The van der Waals surface area contributed by atoms with Crippen LogP contribution < -0.4 is 10.6 Å². The average Bonchev–Trinajstić information content (AvgIpc) is 3.06. The molecule has 1 heterocycles. The predicted octanol–water partition coefficient (Wildman–Crippen LogP) is 2.49. The van der Waals surface area contributed by atoms with Crippen LogP contribution in [0.3, 0.4) is 0 Å². The minimum absolute atomic E-state index is 0. The lowest BCUT2D eigenvalue weighted by Gasteiger charge is -2.18. The summed E-state index contributed by atoms with van der Waals surface area (Å²) in [4.78, 5) is 5.73. The summed E-state index contributed by atoms with van der Waals surface area (Å²) < 4.78 is 47.7. The van der Waals surface area contributed by atoms with Crippen molar-refractivity contribution in [3.05, 3.63) is 0 Å². The van der Waals surface area contributed by atoms with Crippen molar-refractivity contribution < 1.29 is 22.6 Å². The predicted molar refractivity (Wildman–Crippen MR) is 112 cm³/mol. The van der Waals surface area contributed by atoms with Gasteiger partial charge in [-0.2, -0.15) is 13.2 Å². The number of rotatable bonds is 12. The monoisotopic (exact) mass is 510 g/mol. The first-order chi connectivity index (χ1) is 12.4. The number of nitrogens with zero attached hydrogens (tertiary/aromatic N) is 2. The average molecular weight is 510 g/mol. The third-order valence-corrected chi connectivity index (χ3v) is 3.90. The Bertz CT molecular complexity index is 395. The van der Waals surface area contributed by atoms with Gasteiger partial charge < -0.3 is 20.1 Å². The van der Waals surface area contributed by atoms with E-state index in [-0.39, 0.29) is 24.0 Å². The van der Waals surface area contributed by atoms with E-state index < -0.39 is 12.7 Å². The first kappa shape index (κ1) is 26.7. The molecule has 1 aliphatic rings. The van der Waals surface area contributed by atoms with Crippen molar-refractivity contribution in [3.8, 4) is 0 Å². The molecule has 6 nitrogen and oxygen atoms in total. The quantitative estimate of drug-likeness (QED) is 0.183. The lowest BCUT2D eigenvalue weighted by Crippen LogP contribution is -2.39. The Morgan fingerprint density at radius 3 is 2.70 bits per heavy atom. The molecule has 0 bridgehead atoms. The Kier molecular flexibility index (Phi) is 15.4. The van der Waals surface area contributed by atoms with Crippen molar-refractivity contribution in [1.82, 2.24) is 15.5 Å². The highest BCUT2D eigenvalue weighted by molar-refractivity contribution is 14.0. The van der Waals surface area contributed by atoms with E-state index in [1.54, 1.807) is 0 Å². The third kappa shape index (κ3) is 15.3. The van der Waals surface area contributed by atoms with E-state index in [4.69, 9.17) is 9.47 Å². The van der Waals surface area contributed by atoms with Gasteiger partial charge in [0.05, 0.1) is 19.8 Å². The molecule has 0 aromatic carbocycles. The Hall–Kier alpha value is -0.330. The zero-order valence-corrected chi connectivity index (χ0v) is 18.6. The number of alkyl halides is 3. The highest BCUT2D eigenvalue weighted by atomic mass is 127. The van der Waals surface area contributed by atoms with Crippen LogP contribution in [0.4, 0.5) is 13.2 Å². The van der Waals surface area contributed by atoms with E-state index in [2.05, 4.69) is 15.6 Å².